The number of ether oxygens (including phenoxy) is 2. The molecule has 0 atom stereocenters. The number of nitrogens with zero attached hydrogens (tertiary/aromatic N) is 2. The molecular formula is C23H25ClN2O3. The molecule has 2 aliphatic rings. The minimum Gasteiger partial charge on any atom is -0.488 e. The van der Waals surface area contributed by atoms with Crippen LogP contribution in [0.1, 0.15) is 43.0 Å². The average molecular weight is 413 g/mol. The second-order valence-electron chi connectivity index (χ2n) is 7.32. The van der Waals surface area contributed by atoms with Gasteiger partial charge in [0.15, 0.2) is 0 Å². The number of pyridine rings is 1. The molecule has 0 amide bonds. The van der Waals surface area contributed by atoms with Gasteiger partial charge in [-0.1, -0.05) is 23.2 Å². The quantitative estimate of drug-likeness (QED) is 0.693. The third-order valence-corrected chi connectivity index (χ3v) is 5.71. The number of halogens is 1. The average Bonchev–Trinajstić information content (AvgIpc) is 2.89. The van der Waals surface area contributed by atoms with Crippen molar-refractivity contribution in [2.24, 2.45) is 0 Å². The molecule has 3 heterocycles. The maximum atomic E-state index is 11.6. The van der Waals surface area contributed by atoms with E-state index in [4.69, 9.17) is 26.1 Å². The molecule has 1 aromatic carbocycles. The summed E-state index contributed by atoms with van der Waals surface area (Å²) in [5.74, 6) is 0.721. The first-order chi connectivity index (χ1) is 14.2. The number of hydrogen-bond acceptors (Lipinski definition) is 5. The first-order valence-electron chi connectivity index (χ1n) is 10.1. The minimum atomic E-state index is -0.126. The Balaban J connectivity index is 1.62. The van der Waals surface area contributed by atoms with Crippen LogP contribution in [0.15, 0.2) is 42.1 Å². The number of benzene rings is 1. The maximum absolute atomic E-state index is 11.6. The third-order valence-electron chi connectivity index (χ3n) is 5.47. The number of fused-ring (bicyclic) bond motifs is 2. The molecule has 4 rings (SSSR count). The van der Waals surface area contributed by atoms with Gasteiger partial charge in [-0.05, 0) is 44.0 Å². The summed E-state index contributed by atoms with van der Waals surface area (Å²) in [4.78, 5) is 18.7. The lowest BCUT2D eigenvalue weighted by Gasteiger charge is -2.29. The smallest absolute Gasteiger partial charge is 0.307 e. The lowest BCUT2D eigenvalue weighted by atomic mass is 9.89. The van der Waals surface area contributed by atoms with Crippen LogP contribution in [0, 0.1) is 0 Å². The van der Waals surface area contributed by atoms with Crippen molar-refractivity contribution in [2.45, 2.75) is 32.8 Å². The van der Waals surface area contributed by atoms with Gasteiger partial charge in [0.2, 0.25) is 0 Å². The molecule has 6 heteroatoms. The number of carbonyl (C=O) groups is 1. The summed E-state index contributed by atoms with van der Waals surface area (Å²) in [7, 11) is 0. The highest BCUT2D eigenvalue weighted by atomic mass is 35.5. The van der Waals surface area contributed by atoms with E-state index in [2.05, 4.69) is 11.0 Å². The van der Waals surface area contributed by atoms with Crippen molar-refractivity contribution in [2.75, 3.05) is 26.2 Å². The van der Waals surface area contributed by atoms with E-state index in [0.717, 1.165) is 60.6 Å². The summed E-state index contributed by atoms with van der Waals surface area (Å²) in [5.41, 5.74) is 5.62. The Morgan fingerprint density at radius 1 is 1.28 bits per heavy atom. The van der Waals surface area contributed by atoms with Crippen LogP contribution in [0.25, 0.3) is 5.57 Å². The van der Waals surface area contributed by atoms with E-state index in [0.29, 0.717) is 24.7 Å². The zero-order chi connectivity index (χ0) is 20.2. The van der Waals surface area contributed by atoms with Gasteiger partial charge in [0.1, 0.15) is 12.4 Å². The highest BCUT2D eigenvalue weighted by Crippen LogP contribution is 2.41. The van der Waals surface area contributed by atoms with Crippen LogP contribution in [0.2, 0.25) is 5.02 Å². The van der Waals surface area contributed by atoms with Crippen LogP contribution in [0.4, 0.5) is 0 Å². The van der Waals surface area contributed by atoms with Crippen molar-refractivity contribution in [3.8, 4) is 5.75 Å². The Labute approximate surface area is 176 Å². The van der Waals surface area contributed by atoms with Gasteiger partial charge in [-0.25, -0.2) is 0 Å². The summed E-state index contributed by atoms with van der Waals surface area (Å²) in [6, 6.07) is 9.81. The predicted molar refractivity (Wildman–Crippen MR) is 113 cm³/mol. The van der Waals surface area contributed by atoms with Crippen LogP contribution >= 0.6 is 11.6 Å². The highest BCUT2D eigenvalue weighted by molar-refractivity contribution is 6.30. The summed E-state index contributed by atoms with van der Waals surface area (Å²) in [6.45, 7) is 5.34. The van der Waals surface area contributed by atoms with Gasteiger partial charge >= 0.3 is 5.97 Å². The fourth-order valence-electron chi connectivity index (χ4n) is 4.02. The molecule has 0 aliphatic carbocycles. The molecule has 152 valence electrons. The van der Waals surface area contributed by atoms with E-state index >= 15 is 0 Å². The van der Waals surface area contributed by atoms with E-state index in [1.54, 1.807) is 0 Å². The lowest BCUT2D eigenvalue weighted by Crippen LogP contribution is -2.33. The second-order valence-corrected chi connectivity index (χ2v) is 7.75. The highest BCUT2D eigenvalue weighted by Gasteiger charge is 2.26. The molecule has 1 aromatic heterocycles. The van der Waals surface area contributed by atoms with E-state index < -0.39 is 0 Å². The van der Waals surface area contributed by atoms with Crippen LogP contribution in [-0.4, -0.2) is 42.1 Å². The first kappa shape index (κ1) is 19.9. The van der Waals surface area contributed by atoms with Crippen LogP contribution in [0.5, 0.6) is 5.75 Å². The number of rotatable bonds is 4. The van der Waals surface area contributed by atoms with Crippen molar-refractivity contribution >= 4 is 23.1 Å². The lowest BCUT2D eigenvalue weighted by molar-refractivity contribution is -0.143. The zero-order valence-electron chi connectivity index (χ0n) is 16.6. The number of aromatic nitrogens is 1. The molecular weight excluding hydrogens is 388 g/mol. The van der Waals surface area contributed by atoms with Gasteiger partial charge in [0.05, 0.1) is 18.7 Å². The van der Waals surface area contributed by atoms with Crippen molar-refractivity contribution in [1.82, 2.24) is 9.88 Å². The van der Waals surface area contributed by atoms with Crippen LogP contribution < -0.4 is 4.74 Å². The Hall–Kier alpha value is -2.37. The molecule has 29 heavy (non-hydrogen) atoms. The molecule has 5 nitrogen and oxygen atoms in total. The SMILES string of the molecule is CCOC(=O)CCN1CCC(=C2c3cc(Cl)ccc3OCc3cccnc32)CC1. The van der Waals surface area contributed by atoms with Crippen molar-refractivity contribution in [3.05, 3.63) is 63.9 Å². The number of hydrogen-bond donors (Lipinski definition) is 0. The molecule has 0 N–H and O–H groups in total. The molecule has 0 bridgehead atoms. The minimum absolute atomic E-state index is 0.126. The van der Waals surface area contributed by atoms with E-state index in [1.165, 1.54) is 5.57 Å². The molecule has 1 saturated heterocycles. The molecule has 0 radical (unpaired) electrons. The normalized spacial score (nSPS) is 16.5. The fourth-order valence-corrected chi connectivity index (χ4v) is 4.20. The van der Waals surface area contributed by atoms with Gasteiger partial charge in [-0.15, -0.1) is 0 Å². The summed E-state index contributed by atoms with van der Waals surface area (Å²) >= 11 is 6.33. The Bertz CT molecular complexity index is 931. The maximum Gasteiger partial charge on any atom is 0.307 e. The van der Waals surface area contributed by atoms with E-state index in [9.17, 15) is 4.79 Å². The molecule has 2 aliphatic heterocycles. The van der Waals surface area contributed by atoms with Gasteiger partial charge in [0, 0.05) is 47.6 Å². The third kappa shape index (κ3) is 4.46. The number of carbonyl (C=O) groups excluding carboxylic acids is 1. The van der Waals surface area contributed by atoms with E-state index in [-0.39, 0.29) is 5.97 Å². The van der Waals surface area contributed by atoms with Crippen molar-refractivity contribution in [3.63, 3.8) is 0 Å². The molecule has 0 unspecified atom stereocenters. The van der Waals surface area contributed by atoms with Gasteiger partial charge < -0.3 is 14.4 Å². The number of likely N-dealkylation sites (tertiary alicyclic amines) is 1. The van der Waals surface area contributed by atoms with Crippen LogP contribution in [0.3, 0.4) is 0 Å². The topological polar surface area (TPSA) is 51.7 Å². The molecule has 2 aromatic rings. The molecule has 0 spiro atoms. The largest absolute Gasteiger partial charge is 0.488 e. The van der Waals surface area contributed by atoms with E-state index in [1.807, 2.05) is 37.4 Å². The summed E-state index contributed by atoms with van der Waals surface area (Å²) in [5, 5.41) is 0.691. The fraction of sp³-hybridized carbons (Fsp3) is 0.391. The zero-order valence-corrected chi connectivity index (χ0v) is 17.4. The van der Waals surface area contributed by atoms with Crippen LogP contribution in [-0.2, 0) is 16.1 Å². The van der Waals surface area contributed by atoms with Gasteiger partial charge in [-0.2, -0.15) is 0 Å². The predicted octanol–water partition coefficient (Wildman–Crippen LogP) is 4.48. The first-order valence-corrected chi connectivity index (χ1v) is 10.5. The monoisotopic (exact) mass is 412 g/mol. The van der Waals surface area contributed by atoms with Crippen molar-refractivity contribution < 1.29 is 14.3 Å². The Kier molecular flexibility index (Phi) is 6.16. The summed E-state index contributed by atoms with van der Waals surface area (Å²) < 4.78 is 11.1. The molecule has 0 saturated carbocycles. The standard InChI is InChI=1S/C23H25ClN2O3/c1-2-28-21(27)9-13-26-11-7-16(8-12-26)22-19-14-18(24)5-6-20(19)29-15-17-4-3-10-25-23(17)22/h3-6,10,14H,2,7-9,11-13,15H2,1H3. The second kappa shape index (κ2) is 8.97. The van der Waals surface area contributed by atoms with Gasteiger partial charge in [0.25, 0.3) is 0 Å². The molecule has 1 fully saturated rings. The van der Waals surface area contributed by atoms with Gasteiger partial charge in [-0.3, -0.25) is 9.78 Å². The number of esters is 1. The summed E-state index contributed by atoms with van der Waals surface area (Å²) in [6.07, 6.45) is 4.14. The van der Waals surface area contributed by atoms with Crippen molar-refractivity contribution in [1.29, 1.82) is 0 Å². The number of piperidine rings is 1. The Morgan fingerprint density at radius 2 is 2.10 bits per heavy atom. The Morgan fingerprint density at radius 3 is 2.90 bits per heavy atom.